The van der Waals surface area contributed by atoms with Crippen LogP contribution in [0.15, 0.2) is 30.3 Å². The highest BCUT2D eigenvalue weighted by atomic mass is 19.1. The maximum Gasteiger partial charge on any atom is 0.124 e. The molecule has 1 aromatic heterocycles. The monoisotopic (exact) mass is 343 g/mol. The van der Waals surface area contributed by atoms with Gasteiger partial charge in [-0.05, 0) is 50.1 Å². The summed E-state index contributed by atoms with van der Waals surface area (Å²) in [6.07, 6.45) is 1.19. The van der Waals surface area contributed by atoms with Crippen molar-refractivity contribution in [2.75, 3.05) is 42.9 Å². The van der Waals surface area contributed by atoms with Crippen LogP contribution in [-0.2, 0) is 6.54 Å². The predicted octanol–water partition coefficient (Wildman–Crippen LogP) is 2.49. The van der Waals surface area contributed by atoms with Crippen LogP contribution < -0.4 is 15.5 Å². The average Bonchev–Trinajstić information content (AvgIpc) is 3.21. The van der Waals surface area contributed by atoms with Crippen molar-refractivity contribution in [2.45, 2.75) is 19.9 Å². The van der Waals surface area contributed by atoms with E-state index in [-0.39, 0.29) is 5.82 Å². The fourth-order valence-corrected chi connectivity index (χ4v) is 3.90. The van der Waals surface area contributed by atoms with Crippen molar-refractivity contribution in [1.82, 2.24) is 15.1 Å². The van der Waals surface area contributed by atoms with Gasteiger partial charge in [-0.25, -0.2) is 9.07 Å². The zero-order valence-electron chi connectivity index (χ0n) is 14.7. The molecule has 5 nitrogen and oxygen atoms in total. The highest BCUT2D eigenvalue weighted by Crippen LogP contribution is 2.24. The topological polar surface area (TPSA) is 45.1 Å². The summed E-state index contributed by atoms with van der Waals surface area (Å²) in [6.45, 7) is 8.17. The van der Waals surface area contributed by atoms with Gasteiger partial charge >= 0.3 is 0 Å². The molecule has 2 aliphatic heterocycles. The van der Waals surface area contributed by atoms with Crippen molar-refractivity contribution < 1.29 is 4.39 Å². The van der Waals surface area contributed by atoms with E-state index in [1.807, 2.05) is 19.1 Å². The highest BCUT2D eigenvalue weighted by molar-refractivity contribution is 5.47. The molecular weight excluding hydrogens is 317 g/mol. The molecule has 0 unspecified atom stereocenters. The molecule has 0 amide bonds. The van der Waals surface area contributed by atoms with Gasteiger partial charge in [0.25, 0.3) is 0 Å². The minimum absolute atomic E-state index is 0.169. The summed E-state index contributed by atoms with van der Waals surface area (Å²) >= 11 is 0. The van der Waals surface area contributed by atoms with Gasteiger partial charge in [0, 0.05) is 50.4 Å². The minimum atomic E-state index is -0.169. The number of hydrogen-bond donors (Lipinski definition) is 2. The second-order valence-corrected chi connectivity index (χ2v) is 7.34. The molecule has 0 radical (unpaired) electrons. The van der Waals surface area contributed by atoms with Crippen LogP contribution in [0.3, 0.4) is 0 Å². The van der Waals surface area contributed by atoms with E-state index in [0.717, 1.165) is 56.5 Å². The number of hydrogen-bond acceptors (Lipinski definition) is 4. The maximum absolute atomic E-state index is 13.0. The van der Waals surface area contributed by atoms with E-state index in [9.17, 15) is 4.39 Å². The smallest absolute Gasteiger partial charge is 0.124 e. The van der Waals surface area contributed by atoms with E-state index >= 15 is 0 Å². The summed E-state index contributed by atoms with van der Waals surface area (Å²) in [5.41, 5.74) is 2.20. The van der Waals surface area contributed by atoms with Crippen LogP contribution in [-0.4, -0.2) is 42.5 Å². The first kappa shape index (κ1) is 16.4. The average molecular weight is 343 g/mol. The fraction of sp³-hybridized carbons (Fsp3) is 0.526. The number of halogens is 1. The molecule has 3 heterocycles. The largest absolute Gasteiger partial charge is 0.371 e. The predicted molar refractivity (Wildman–Crippen MR) is 98.5 cm³/mol. The second-order valence-electron chi connectivity index (χ2n) is 7.34. The lowest BCUT2D eigenvalue weighted by Gasteiger charge is -2.25. The van der Waals surface area contributed by atoms with E-state index in [2.05, 4.69) is 31.4 Å². The van der Waals surface area contributed by atoms with Gasteiger partial charge in [0.1, 0.15) is 11.6 Å². The summed E-state index contributed by atoms with van der Waals surface area (Å²) in [5, 5.41) is 11.6. The van der Waals surface area contributed by atoms with E-state index in [1.165, 1.54) is 6.42 Å². The number of fused-ring (bicyclic) bond motifs is 1. The number of aromatic nitrogens is 2. The lowest BCUT2D eigenvalue weighted by Crippen LogP contribution is -2.37. The fourth-order valence-electron chi connectivity index (χ4n) is 3.90. The van der Waals surface area contributed by atoms with Crippen LogP contribution in [0, 0.1) is 24.6 Å². The minimum Gasteiger partial charge on any atom is -0.371 e. The van der Waals surface area contributed by atoms with Gasteiger partial charge < -0.3 is 15.5 Å². The zero-order chi connectivity index (χ0) is 17.2. The molecule has 2 aromatic rings. The molecule has 4 rings (SSSR count). The number of anilines is 2. The lowest BCUT2D eigenvalue weighted by molar-refractivity contribution is 0.378. The Labute approximate surface area is 148 Å². The van der Waals surface area contributed by atoms with Gasteiger partial charge in [0.2, 0.25) is 0 Å². The van der Waals surface area contributed by atoms with Crippen molar-refractivity contribution in [3.63, 3.8) is 0 Å². The van der Waals surface area contributed by atoms with Gasteiger partial charge in [-0.2, -0.15) is 5.10 Å². The normalized spacial score (nSPS) is 22.7. The Balaban J connectivity index is 1.21. The number of benzene rings is 1. The zero-order valence-corrected chi connectivity index (χ0v) is 14.7. The number of rotatable bonds is 5. The Morgan fingerprint density at radius 2 is 2.00 bits per heavy atom. The van der Waals surface area contributed by atoms with Crippen molar-refractivity contribution >= 4 is 11.5 Å². The SMILES string of the molecule is Cc1cc2n(n1)C[C@@H](CNC[C@H]1CCN(c3ccc(F)cc3)C1)CN2. The molecular formula is C19H26FN5. The van der Waals surface area contributed by atoms with Crippen LogP contribution in [0.5, 0.6) is 0 Å². The summed E-state index contributed by atoms with van der Waals surface area (Å²) < 4.78 is 15.1. The van der Waals surface area contributed by atoms with Gasteiger partial charge in [0.15, 0.2) is 0 Å². The summed E-state index contributed by atoms with van der Waals surface area (Å²) in [4.78, 5) is 2.35. The summed E-state index contributed by atoms with van der Waals surface area (Å²) in [7, 11) is 0. The van der Waals surface area contributed by atoms with Gasteiger partial charge in [0.05, 0.1) is 5.69 Å². The molecule has 1 saturated heterocycles. The summed E-state index contributed by atoms with van der Waals surface area (Å²) in [6, 6.07) is 8.95. The maximum atomic E-state index is 13.0. The van der Waals surface area contributed by atoms with Gasteiger partial charge in [-0.15, -0.1) is 0 Å². The van der Waals surface area contributed by atoms with E-state index in [4.69, 9.17) is 0 Å². The molecule has 0 saturated carbocycles. The Hall–Kier alpha value is -2.08. The Morgan fingerprint density at radius 1 is 1.20 bits per heavy atom. The van der Waals surface area contributed by atoms with E-state index in [0.29, 0.717) is 11.8 Å². The summed E-state index contributed by atoms with van der Waals surface area (Å²) in [5.74, 6) is 2.20. The Morgan fingerprint density at radius 3 is 2.84 bits per heavy atom. The molecule has 2 aliphatic rings. The molecule has 6 heteroatoms. The van der Waals surface area contributed by atoms with Crippen molar-refractivity contribution in [3.8, 4) is 0 Å². The number of aryl methyl sites for hydroxylation is 1. The van der Waals surface area contributed by atoms with E-state index in [1.54, 1.807) is 12.1 Å². The van der Waals surface area contributed by atoms with Gasteiger partial charge in [-0.3, -0.25) is 0 Å². The third-order valence-electron chi connectivity index (χ3n) is 5.25. The van der Waals surface area contributed by atoms with Crippen molar-refractivity contribution in [3.05, 3.63) is 41.8 Å². The molecule has 25 heavy (non-hydrogen) atoms. The third-order valence-corrected chi connectivity index (χ3v) is 5.25. The quantitative estimate of drug-likeness (QED) is 0.876. The van der Waals surface area contributed by atoms with Crippen LogP contribution in [0.2, 0.25) is 0 Å². The number of nitrogens with one attached hydrogen (secondary N) is 2. The second kappa shape index (κ2) is 7.04. The molecule has 2 atom stereocenters. The number of nitrogens with zero attached hydrogens (tertiary/aromatic N) is 3. The van der Waals surface area contributed by atoms with Crippen LogP contribution in [0.25, 0.3) is 0 Å². The molecule has 0 spiro atoms. The van der Waals surface area contributed by atoms with Crippen molar-refractivity contribution in [2.24, 2.45) is 11.8 Å². The van der Waals surface area contributed by atoms with Crippen LogP contribution >= 0.6 is 0 Å². The standard InChI is InChI=1S/C19H26FN5/c1-14-8-19-22-11-16(13-25(19)23-14)10-21-9-15-6-7-24(12-15)18-4-2-17(20)3-5-18/h2-5,8,15-16,21-22H,6-7,9-13H2,1H3/t15-,16+/m1/s1. The molecule has 1 fully saturated rings. The molecule has 0 bridgehead atoms. The van der Waals surface area contributed by atoms with Crippen molar-refractivity contribution in [1.29, 1.82) is 0 Å². The molecule has 2 N–H and O–H groups in total. The third kappa shape index (κ3) is 3.79. The lowest BCUT2D eigenvalue weighted by atomic mass is 10.1. The Bertz CT molecular complexity index is 711. The first-order valence-electron chi connectivity index (χ1n) is 9.17. The molecule has 0 aliphatic carbocycles. The van der Waals surface area contributed by atoms with Crippen LogP contribution in [0.1, 0.15) is 12.1 Å². The molecule has 1 aromatic carbocycles. The highest BCUT2D eigenvalue weighted by Gasteiger charge is 2.23. The first-order chi connectivity index (χ1) is 12.2. The van der Waals surface area contributed by atoms with Crippen LogP contribution in [0.4, 0.5) is 15.9 Å². The Kier molecular flexibility index (Phi) is 4.61. The van der Waals surface area contributed by atoms with E-state index < -0.39 is 0 Å². The first-order valence-corrected chi connectivity index (χ1v) is 9.17. The van der Waals surface area contributed by atoms with Gasteiger partial charge in [-0.1, -0.05) is 0 Å². The molecule has 134 valence electrons.